The molecule has 2 aromatic rings. The summed E-state index contributed by atoms with van der Waals surface area (Å²) in [7, 11) is -3.89. The highest BCUT2D eigenvalue weighted by Crippen LogP contribution is 2.15. The first-order chi connectivity index (χ1) is 14.8. The van der Waals surface area contributed by atoms with Gasteiger partial charge in [0.05, 0.1) is 30.6 Å². The first kappa shape index (κ1) is 23.7. The van der Waals surface area contributed by atoms with Gasteiger partial charge in [0.25, 0.3) is 0 Å². The zero-order valence-electron chi connectivity index (χ0n) is 16.8. The number of amides is 2. The van der Waals surface area contributed by atoms with Crippen LogP contribution in [0.4, 0.5) is 0 Å². The molecule has 1 fully saturated rings. The summed E-state index contributed by atoms with van der Waals surface area (Å²) < 4.78 is 32.7. The van der Waals surface area contributed by atoms with Crippen molar-refractivity contribution in [2.24, 2.45) is 0 Å². The second-order valence-electron chi connectivity index (χ2n) is 7.05. The molecule has 0 radical (unpaired) electrons. The molecule has 1 aliphatic rings. The van der Waals surface area contributed by atoms with Gasteiger partial charge >= 0.3 is 0 Å². The van der Waals surface area contributed by atoms with Crippen LogP contribution in [-0.2, 0) is 30.9 Å². The molecule has 2 amide bonds. The van der Waals surface area contributed by atoms with Crippen LogP contribution in [0.15, 0.2) is 46.7 Å². The Hall–Kier alpha value is -1.98. The van der Waals surface area contributed by atoms with Crippen LogP contribution in [0.1, 0.15) is 17.7 Å². The minimum atomic E-state index is -3.89. The fraction of sp³-hybridized carbons (Fsp3) is 0.400. The SMILES string of the molecule is O=C(CN(Cc1cccs1)C(=O)CNS(=O)(=O)c1ccc(Cl)cc1)NC[C@@H]1CCCO1. The van der Waals surface area contributed by atoms with Crippen molar-refractivity contribution in [3.63, 3.8) is 0 Å². The lowest BCUT2D eigenvalue weighted by Crippen LogP contribution is -2.45. The van der Waals surface area contributed by atoms with Crippen molar-refractivity contribution < 1.29 is 22.7 Å². The highest BCUT2D eigenvalue weighted by Gasteiger charge is 2.22. The number of hydrogen-bond acceptors (Lipinski definition) is 6. The average molecular weight is 486 g/mol. The van der Waals surface area contributed by atoms with E-state index in [1.807, 2.05) is 17.5 Å². The standard InChI is InChI=1S/C20H24ClN3O5S2/c21-15-5-7-18(8-6-15)31(27,28)23-12-20(26)24(13-17-4-2-10-30-17)14-19(25)22-11-16-3-1-9-29-16/h2,4-8,10,16,23H,1,3,9,11-14H2,(H,22,25)/t16-/m0/s1. The molecule has 0 spiro atoms. The summed E-state index contributed by atoms with van der Waals surface area (Å²) in [5, 5.41) is 5.07. The van der Waals surface area contributed by atoms with Gasteiger partial charge in [0.15, 0.2) is 0 Å². The molecular weight excluding hydrogens is 462 g/mol. The Balaban J connectivity index is 1.59. The average Bonchev–Trinajstić information content (AvgIpc) is 3.44. The summed E-state index contributed by atoms with van der Waals surface area (Å²) in [6, 6.07) is 9.34. The van der Waals surface area contributed by atoms with E-state index >= 15 is 0 Å². The van der Waals surface area contributed by atoms with E-state index in [2.05, 4.69) is 10.0 Å². The van der Waals surface area contributed by atoms with Gasteiger partial charge < -0.3 is 15.0 Å². The zero-order chi connectivity index (χ0) is 22.3. The molecule has 168 valence electrons. The molecule has 2 heterocycles. The predicted molar refractivity (Wildman–Crippen MR) is 118 cm³/mol. The van der Waals surface area contributed by atoms with Gasteiger partial charge in [-0.25, -0.2) is 13.1 Å². The summed E-state index contributed by atoms with van der Waals surface area (Å²) in [5.74, 6) is -0.820. The fourth-order valence-electron chi connectivity index (χ4n) is 3.05. The summed E-state index contributed by atoms with van der Waals surface area (Å²) in [4.78, 5) is 27.4. The summed E-state index contributed by atoms with van der Waals surface area (Å²) in [5.41, 5.74) is 0. The molecule has 2 N–H and O–H groups in total. The van der Waals surface area contributed by atoms with Gasteiger partial charge in [-0.2, -0.15) is 0 Å². The Morgan fingerprint density at radius 3 is 2.65 bits per heavy atom. The maximum atomic E-state index is 12.8. The monoisotopic (exact) mass is 485 g/mol. The van der Waals surface area contributed by atoms with Crippen molar-refractivity contribution in [2.45, 2.75) is 30.4 Å². The highest BCUT2D eigenvalue weighted by molar-refractivity contribution is 7.89. The van der Waals surface area contributed by atoms with Crippen molar-refractivity contribution in [3.05, 3.63) is 51.7 Å². The molecule has 8 nitrogen and oxygen atoms in total. The second-order valence-corrected chi connectivity index (χ2v) is 10.3. The zero-order valence-corrected chi connectivity index (χ0v) is 19.1. The van der Waals surface area contributed by atoms with E-state index in [1.54, 1.807) is 0 Å². The third kappa shape index (κ3) is 7.29. The first-order valence-electron chi connectivity index (χ1n) is 9.77. The van der Waals surface area contributed by atoms with Crippen LogP contribution < -0.4 is 10.0 Å². The number of halogens is 1. The lowest BCUT2D eigenvalue weighted by atomic mass is 10.2. The molecule has 0 unspecified atom stereocenters. The number of thiophene rings is 1. The lowest BCUT2D eigenvalue weighted by Gasteiger charge is -2.22. The van der Waals surface area contributed by atoms with E-state index in [9.17, 15) is 18.0 Å². The summed E-state index contributed by atoms with van der Waals surface area (Å²) in [6.07, 6.45) is 1.86. The number of sulfonamides is 1. The Labute approximate surface area is 190 Å². The molecule has 1 aliphatic heterocycles. The minimum Gasteiger partial charge on any atom is -0.376 e. The smallest absolute Gasteiger partial charge is 0.241 e. The van der Waals surface area contributed by atoms with Crippen molar-refractivity contribution >= 4 is 44.8 Å². The van der Waals surface area contributed by atoms with E-state index in [0.29, 0.717) is 18.2 Å². The van der Waals surface area contributed by atoms with Crippen LogP contribution in [0.2, 0.25) is 5.02 Å². The van der Waals surface area contributed by atoms with Gasteiger partial charge in [0, 0.05) is 23.1 Å². The number of rotatable bonds is 10. The van der Waals surface area contributed by atoms with Crippen molar-refractivity contribution in [3.8, 4) is 0 Å². The maximum Gasteiger partial charge on any atom is 0.241 e. The number of benzene rings is 1. The van der Waals surface area contributed by atoms with Crippen LogP contribution in [-0.4, -0.2) is 57.5 Å². The van der Waals surface area contributed by atoms with E-state index in [4.69, 9.17) is 16.3 Å². The first-order valence-corrected chi connectivity index (χ1v) is 12.5. The van der Waals surface area contributed by atoms with E-state index in [0.717, 1.165) is 17.7 Å². The third-order valence-electron chi connectivity index (χ3n) is 4.70. The van der Waals surface area contributed by atoms with Crippen LogP contribution in [0.25, 0.3) is 0 Å². The van der Waals surface area contributed by atoms with E-state index in [-0.39, 0.29) is 30.0 Å². The molecular formula is C20H24ClN3O5S2. The van der Waals surface area contributed by atoms with Crippen LogP contribution in [0.3, 0.4) is 0 Å². The van der Waals surface area contributed by atoms with Crippen LogP contribution in [0, 0.1) is 0 Å². The van der Waals surface area contributed by atoms with Crippen LogP contribution >= 0.6 is 22.9 Å². The predicted octanol–water partition coefficient (Wildman–Crippen LogP) is 2.00. The van der Waals surface area contributed by atoms with Crippen molar-refractivity contribution in [2.75, 3.05) is 26.2 Å². The molecule has 3 rings (SSSR count). The van der Waals surface area contributed by atoms with Crippen molar-refractivity contribution in [1.82, 2.24) is 14.9 Å². The number of ether oxygens (including phenoxy) is 1. The minimum absolute atomic E-state index is 0.00316. The molecule has 1 saturated heterocycles. The third-order valence-corrected chi connectivity index (χ3v) is 7.23. The topological polar surface area (TPSA) is 105 Å². The number of nitrogens with zero attached hydrogens (tertiary/aromatic N) is 1. The van der Waals surface area contributed by atoms with Gasteiger partial charge in [0.1, 0.15) is 0 Å². The molecule has 1 aromatic carbocycles. The molecule has 31 heavy (non-hydrogen) atoms. The molecule has 11 heteroatoms. The lowest BCUT2D eigenvalue weighted by molar-refractivity contribution is -0.135. The normalized spacial score (nSPS) is 16.2. The van der Waals surface area contributed by atoms with Gasteiger partial charge in [0.2, 0.25) is 21.8 Å². The molecule has 1 atom stereocenters. The largest absolute Gasteiger partial charge is 0.376 e. The molecule has 1 aromatic heterocycles. The van der Waals surface area contributed by atoms with Gasteiger partial charge in [-0.05, 0) is 48.6 Å². The fourth-order valence-corrected chi connectivity index (χ4v) is 4.87. The van der Waals surface area contributed by atoms with Crippen LogP contribution in [0.5, 0.6) is 0 Å². The van der Waals surface area contributed by atoms with Crippen molar-refractivity contribution in [1.29, 1.82) is 0 Å². The number of carbonyl (C=O) groups is 2. The Morgan fingerprint density at radius 1 is 1.23 bits per heavy atom. The summed E-state index contributed by atoms with van der Waals surface area (Å²) in [6.45, 7) is 0.661. The number of nitrogens with one attached hydrogen (secondary N) is 2. The molecule has 0 aliphatic carbocycles. The second kappa shape index (κ2) is 11.1. The number of hydrogen-bond donors (Lipinski definition) is 2. The van der Waals surface area contributed by atoms with Gasteiger partial charge in [-0.1, -0.05) is 17.7 Å². The maximum absolute atomic E-state index is 12.8. The summed E-state index contributed by atoms with van der Waals surface area (Å²) >= 11 is 7.25. The quantitative estimate of drug-likeness (QED) is 0.535. The highest BCUT2D eigenvalue weighted by atomic mass is 35.5. The van der Waals surface area contributed by atoms with Gasteiger partial charge in [-0.3, -0.25) is 9.59 Å². The van der Waals surface area contributed by atoms with Gasteiger partial charge in [-0.15, -0.1) is 11.3 Å². The Kier molecular flexibility index (Phi) is 8.44. The van der Waals surface area contributed by atoms with E-state index in [1.165, 1.54) is 40.5 Å². The Bertz CT molecular complexity index is 975. The molecule has 0 bridgehead atoms. The Morgan fingerprint density at radius 2 is 2.00 bits per heavy atom. The van der Waals surface area contributed by atoms with E-state index < -0.39 is 22.5 Å². The molecule has 0 saturated carbocycles. The number of carbonyl (C=O) groups excluding carboxylic acids is 2.